The van der Waals surface area contributed by atoms with E-state index in [0.717, 1.165) is 0 Å². The van der Waals surface area contributed by atoms with Crippen molar-refractivity contribution in [1.82, 2.24) is 0 Å². The molecule has 0 aromatic heterocycles. The van der Waals surface area contributed by atoms with Gasteiger partial charge in [0.15, 0.2) is 0 Å². The average molecular weight is 178 g/mol. The summed E-state index contributed by atoms with van der Waals surface area (Å²) in [4.78, 5) is 8.56. The summed E-state index contributed by atoms with van der Waals surface area (Å²) in [6.45, 7) is -0.729. The Morgan fingerprint density at radius 1 is 1.27 bits per heavy atom. The molecule has 0 spiro atoms. The number of aliphatic hydroxyl groups excluding tert-OH is 3. The van der Waals surface area contributed by atoms with E-state index >= 15 is 0 Å². The fourth-order valence-corrected chi connectivity index (χ4v) is 0.0577. The van der Waals surface area contributed by atoms with E-state index in [1.807, 2.05) is 0 Å². The van der Waals surface area contributed by atoms with Crippen LogP contribution in [0, 0.1) is 0 Å². The van der Waals surface area contributed by atoms with Crippen LogP contribution in [0.4, 0.5) is 4.79 Å². The first-order valence-corrected chi connectivity index (χ1v) is 2.36. The summed E-state index contributed by atoms with van der Waals surface area (Å²) < 4.78 is 0. The van der Waals surface area contributed by atoms with Crippen LogP contribution in [0.5, 0.6) is 0 Å². The molecule has 5 N–H and O–H groups in total. The van der Waals surface area contributed by atoms with Gasteiger partial charge in [-0.15, -0.1) is 0 Å². The first-order chi connectivity index (χ1) is 4.54. The van der Waals surface area contributed by atoms with Crippen molar-refractivity contribution in [1.29, 1.82) is 0 Å². The molecule has 0 fully saturated rings. The van der Waals surface area contributed by atoms with Crippen LogP contribution < -0.4 is 29.6 Å². The molecular formula is C4H11NaO6. The molecule has 0 aromatic carbocycles. The molecule has 0 saturated heterocycles. The van der Waals surface area contributed by atoms with E-state index in [0.29, 0.717) is 0 Å². The maximum atomic E-state index is 8.56. The van der Waals surface area contributed by atoms with Crippen LogP contribution in [0.1, 0.15) is 1.43 Å². The molecule has 0 aliphatic heterocycles. The van der Waals surface area contributed by atoms with E-state index in [9.17, 15) is 0 Å². The largest absolute Gasteiger partial charge is 1.00 e. The monoisotopic (exact) mass is 178 g/mol. The van der Waals surface area contributed by atoms with Gasteiger partial charge in [-0.25, -0.2) is 4.79 Å². The average Bonchev–Trinajstić information content (AvgIpc) is 1.85. The zero-order valence-corrected chi connectivity index (χ0v) is 8.14. The second-order valence-electron chi connectivity index (χ2n) is 1.30. The van der Waals surface area contributed by atoms with Crippen LogP contribution in [0.2, 0.25) is 0 Å². The van der Waals surface area contributed by atoms with E-state index in [4.69, 9.17) is 30.3 Å². The van der Waals surface area contributed by atoms with Gasteiger partial charge in [0.1, 0.15) is 6.10 Å². The topological polar surface area (TPSA) is 118 Å². The van der Waals surface area contributed by atoms with Gasteiger partial charge in [0.25, 0.3) is 0 Å². The fraction of sp³-hybridized carbons (Fsp3) is 0.750. The summed E-state index contributed by atoms with van der Waals surface area (Å²) in [6, 6.07) is 0. The summed E-state index contributed by atoms with van der Waals surface area (Å²) in [6.07, 6.45) is -2.79. The van der Waals surface area contributed by atoms with Gasteiger partial charge in [-0.1, -0.05) is 0 Å². The minimum Gasteiger partial charge on any atom is -1.00 e. The quantitative estimate of drug-likeness (QED) is 0.273. The van der Waals surface area contributed by atoms with Crippen LogP contribution in [-0.4, -0.2) is 51.0 Å². The van der Waals surface area contributed by atoms with Crippen molar-refractivity contribution in [3.05, 3.63) is 0 Å². The Balaban J connectivity index is -0.0000000483. The minimum atomic E-state index is -1.83. The second kappa shape index (κ2) is 12.8. The molecule has 0 atom stereocenters. The molecule has 0 rings (SSSR count). The van der Waals surface area contributed by atoms with Gasteiger partial charge in [0, 0.05) is 0 Å². The SMILES string of the molecule is O=C(O)O.OCC(O)CO.[H-].[Na+]. The predicted molar refractivity (Wildman–Crippen MR) is 31.9 cm³/mol. The minimum absolute atomic E-state index is 0. The Morgan fingerprint density at radius 3 is 1.45 bits per heavy atom. The zero-order chi connectivity index (χ0) is 8.57. The molecule has 0 saturated carbocycles. The fourth-order valence-electron chi connectivity index (χ4n) is 0.0577. The van der Waals surface area contributed by atoms with E-state index in [1.54, 1.807) is 0 Å². The number of carboxylic acid groups (broad SMARTS) is 2. The summed E-state index contributed by atoms with van der Waals surface area (Å²) in [7, 11) is 0. The molecule has 0 unspecified atom stereocenters. The summed E-state index contributed by atoms with van der Waals surface area (Å²) in [5, 5.41) is 38.0. The third-order valence-corrected chi connectivity index (χ3v) is 0.421. The van der Waals surface area contributed by atoms with Gasteiger partial charge in [-0.05, 0) is 0 Å². The predicted octanol–water partition coefficient (Wildman–Crippen LogP) is -4.33. The molecule has 0 aromatic rings. The normalized spacial score (nSPS) is 7.64. The molecule has 7 heteroatoms. The maximum Gasteiger partial charge on any atom is 1.00 e. The summed E-state index contributed by atoms with van der Waals surface area (Å²) >= 11 is 0. The van der Waals surface area contributed by atoms with Crippen molar-refractivity contribution in [2.75, 3.05) is 13.2 Å². The number of hydrogen-bond acceptors (Lipinski definition) is 4. The van der Waals surface area contributed by atoms with Gasteiger partial charge >= 0.3 is 35.7 Å². The molecule has 11 heavy (non-hydrogen) atoms. The van der Waals surface area contributed by atoms with E-state index in [1.165, 1.54) is 0 Å². The third-order valence-electron chi connectivity index (χ3n) is 0.421. The molecule has 6 nitrogen and oxygen atoms in total. The van der Waals surface area contributed by atoms with Gasteiger partial charge in [-0.3, -0.25) is 0 Å². The van der Waals surface area contributed by atoms with Crippen molar-refractivity contribution in [2.45, 2.75) is 6.10 Å². The van der Waals surface area contributed by atoms with Gasteiger partial charge in [0.2, 0.25) is 0 Å². The number of hydrogen-bond donors (Lipinski definition) is 5. The van der Waals surface area contributed by atoms with E-state index < -0.39 is 12.3 Å². The Labute approximate surface area is 86.9 Å². The van der Waals surface area contributed by atoms with Crippen LogP contribution in [0.3, 0.4) is 0 Å². The zero-order valence-electron chi connectivity index (χ0n) is 7.14. The first-order valence-electron chi connectivity index (χ1n) is 2.36. The van der Waals surface area contributed by atoms with Gasteiger partial charge in [0.05, 0.1) is 13.2 Å². The van der Waals surface area contributed by atoms with Crippen molar-refractivity contribution in [3.8, 4) is 0 Å². The molecule has 0 amide bonds. The van der Waals surface area contributed by atoms with Crippen LogP contribution in [-0.2, 0) is 0 Å². The van der Waals surface area contributed by atoms with Crippen LogP contribution in [0.25, 0.3) is 0 Å². The Bertz CT molecular complexity index is 83.6. The van der Waals surface area contributed by atoms with Crippen LogP contribution in [0.15, 0.2) is 0 Å². The molecule has 0 aliphatic rings. The molecule has 0 heterocycles. The Hall–Kier alpha value is 0.150. The first kappa shape index (κ1) is 17.3. The second-order valence-corrected chi connectivity index (χ2v) is 1.30. The van der Waals surface area contributed by atoms with E-state index in [2.05, 4.69) is 0 Å². The summed E-state index contributed by atoms with van der Waals surface area (Å²) in [5.41, 5.74) is 0. The standard InChI is InChI=1S/C3H8O3.CH2O3.Na.H/c4-1-3(6)2-5;2-1(3)4;;/h3-6H,1-2H2;(H2,2,3,4);;/q;;+1;-1. The molecule has 64 valence electrons. The van der Waals surface area contributed by atoms with Crippen molar-refractivity contribution < 1.29 is 61.3 Å². The van der Waals surface area contributed by atoms with Crippen molar-refractivity contribution >= 4 is 6.16 Å². The van der Waals surface area contributed by atoms with E-state index in [-0.39, 0.29) is 44.2 Å². The van der Waals surface area contributed by atoms with Gasteiger partial charge in [-0.2, -0.15) is 0 Å². The number of carbonyl (C=O) groups is 1. The number of aliphatic hydroxyl groups is 3. The molecule has 0 radical (unpaired) electrons. The molecular weight excluding hydrogens is 167 g/mol. The van der Waals surface area contributed by atoms with Crippen LogP contribution >= 0.6 is 0 Å². The Morgan fingerprint density at radius 2 is 1.45 bits per heavy atom. The van der Waals surface area contributed by atoms with Crippen molar-refractivity contribution in [3.63, 3.8) is 0 Å². The molecule has 0 bridgehead atoms. The van der Waals surface area contributed by atoms with Crippen molar-refractivity contribution in [2.24, 2.45) is 0 Å². The smallest absolute Gasteiger partial charge is 1.00 e. The Kier molecular flexibility index (Phi) is 20.1. The molecule has 0 aliphatic carbocycles. The third kappa shape index (κ3) is 39.1. The van der Waals surface area contributed by atoms with Gasteiger partial charge < -0.3 is 27.0 Å². The number of rotatable bonds is 2. The summed E-state index contributed by atoms with van der Waals surface area (Å²) in [5.74, 6) is 0. The maximum absolute atomic E-state index is 8.56.